The van der Waals surface area contributed by atoms with E-state index in [4.69, 9.17) is 0 Å². The number of benzene rings is 3. The molecule has 0 aromatic heterocycles. The van der Waals surface area contributed by atoms with Crippen molar-refractivity contribution < 1.29 is 4.79 Å². The van der Waals surface area contributed by atoms with Crippen LogP contribution in [-0.2, 0) is 4.79 Å². The van der Waals surface area contributed by atoms with Gasteiger partial charge in [-0.15, -0.1) is 0 Å². The van der Waals surface area contributed by atoms with Crippen LogP contribution < -0.4 is 10.6 Å². The predicted molar refractivity (Wildman–Crippen MR) is 123 cm³/mol. The van der Waals surface area contributed by atoms with Gasteiger partial charge in [-0.1, -0.05) is 71.8 Å². The van der Waals surface area contributed by atoms with E-state index in [1.807, 2.05) is 12.1 Å². The number of nitrogens with one attached hydrogen (secondary N) is 2. The average molecular weight is 395 g/mol. The summed E-state index contributed by atoms with van der Waals surface area (Å²) in [5, 5.41) is 7.27. The van der Waals surface area contributed by atoms with Crippen LogP contribution in [0.3, 0.4) is 0 Å². The number of hydrogen-bond acceptors (Lipinski definition) is 3. The number of Topliss-reactive ketones (excluding diaryl/α,β-unsaturated/α-hetero) is 1. The number of fused-ring (bicyclic) bond motifs is 1. The summed E-state index contributed by atoms with van der Waals surface area (Å²) in [6, 6.07) is 25.1. The molecule has 0 saturated heterocycles. The first kappa shape index (κ1) is 18.7. The maximum absolute atomic E-state index is 13.5. The average Bonchev–Trinajstić information content (AvgIpc) is 2.91. The van der Waals surface area contributed by atoms with Gasteiger partial charge in [-0.05, 0) is 49.4 Å². The van der Waals surface area contributed by atoms with Crippen molar-refractivity contribution >= 4 is 17.2 Å². The first-order valence-electron chi connectivity index (χ1n) is 10.6. The molecule has 1 aliphatic carbocycles. The molecule has 0 spiro atoms. The minimum atomic E-state index is -0.150. The highest BCUT2D eigenvalue weighted by atomic mass is 16.1. The summed E-state index contributed by atoms with van der Waals surface area (Å²) in [7, 11) is 0. The molecule has 2 atom stereocenters. The van der Waals surface area contributed by atoms with Gasteiger partial charge in [0.15, 0.2) is 5.78 Å². The predicted octanol–water partition coefficient (Wildman–Crippen LogP) is 6.28. The molecule has 3 aromatic rings. The summed E-state index contributed by atoms with van der Waals surface area (Å²) >= 11 is 0. The molecule has 1 heterocycles. The standard InChI is InChI=1S/C27H26N2O/c1-17-10-12-19(13-11-17)21-15-24-26(25(30)16-21)27(20-7-5-6-18(2)14-20)29-23-9-4-3-8-22(23)28-24/h3-14,21,27-29H,15-16H2,1-2H3/t21-,27-/m1/s1. The molecule has 0 amide bonds. The lowest BCUT2D eigenvalue weighted by molar-refractivity contribution is -0.116. The third-order valence-corrected chi connectivity index (χ3v) is 6.23. The lowest BCUT2D eigenvalue weighted by Crippen LogP contribution is -2.26. The number of aryl methyl sites for hydroxylation is 2. The van der Waals surface area contributed by atoms with E-state index in [-0.39, 0.29) is 17.7 Å². The normalized spacial score (nSPS) is 20.5. The van der Waals surface area contributed by atoms with Gasteiger partial charge in [0.05, 0.1) is 17.4 Å². The van der Waals surface area contributed by atoms with Crippen molar-refractivity contribution in [1.82, 2.24) is 0 Å². The molecule has 0 saturated carbocycles. The number of rotatable bonds is 2. The van der Waals surface area contributed by atoms with Crippen LogP contribution in [-0.4, -0.2) is 5.78 Å². The maximum atomic E-state index is 13.5. The largest absolute Gasteiger partial charge is 0.372 e. The number of carbonyl (C=O) groups excluding carboxylic acids is 1. The van der Waals surface area contributed by atoms with Crippen molar-refractivity contribution in [1.29, 1.82) is 0 Å². The van der Waals surface area contributed by atoms with Crippen LogP contribution in [0.1, 0.15) is 47.1 Å². The molecule has 3 aromatic carbocycles. The molecule has 3 nitrogen and oxygen atoms in total. The number of ketones is 1. The van der Waals surface area contributed by atoms with E-state index < -0.39 is 0 Å². The Balaban J connectivity index is 1.61. The van der Waals surface area contributed by atoms with Crippen LogP contribution in [0, 0.1) is 13.8 Å². The Kier molecular flexibility index (Phi) is 4.66. The summed E-state index contributed by atoms with van der Waals surface area (Å²) in [4.78, 5) is 13.5. The highest BCUT2D eigenvalue weighted by Crippen LogP contribution is 2.44. The zero-order valence-electron chi connectivity index (χ0n) is 17.4. The lowest BCUT2D eigenvalue weighted by atomic mass is 9.78. The highest BCUT2D eigenvalue weighted by molar-refractivity contribution is 6.01. The summed E-state index contributed by atoms with van der Waals surface area (Å²) in [5.41, 5.74) is 8.77. The molecule has 0 bridgehead atoms. The molecule has 2 aliphatic rings. The van der Waals surface area contributed by atoms with Crippen LogP contribution in [0.2, 0.25) is 0 Å². The molecular formula is C27H26N2O. The fourth-order valence-electron chi connectivity index (χ4n) is 4.67. The Morgan fingerprint density at radius 2 is 1.53 bits per heavy atom. The van der Waals surface area contributed by atoms with E-state index in [0.29, 0.717) is 6.42 Å². The summed E-state index contributed by atoms with van der Waals surface area (Å²) in [6.45, 7) is 4.19. The van der Waals surface area contributed by atoms with Crippen LogP contribution in [0.4, 0.5) is 11.4 Å². The number of para-hydroxylation sites is 2. The second-order valence-corrected chi connectivity index (χ2v) is 8.49. The van der Waals surface area contributed by atoms with Crippen molar-refractivity contribution in [2.45, 2.75) is 38.6 Å². The van der Waals surface area contributed by atoms with Gasteiger partial charge >= 0.3 is 0 Å². The second kappa shape index (κ2) is 7.49. The van der Waals surface area contributed by atoms with Gasteiger partial charge in [0.2, 0.25) is 0 Å². The third-order valence-electron chi connectivity index (χ3n) is 6.23. The molecule has 0 unspecified atom stereocenters. The molecule has 0 fully saturated rings. The van der Waals surface area contributed by atoms with Gasteiger partial charge in [0, 0.05) is 17.7 Å². The fourth-order valence-corrected chi connectivity index (χ4v) is 4.67. The summed E-state index contributed by atoms with van der Waals surface area (Å²) in [6.07, 6.45) is 1.38. The number of carbonyl (C=O) groups is 1. The molecule has 30 heavy (non-hydrogen) atoms. The Morgan fingerprint density at radius 3 is 2.30 bits per heavy atom. The van der Waals surface area contributed by atoms with Crippen molar-refractivity contribution in [3.05, 3.63) is 106 Å². The zero-order valence-corrected chi connectivity index (χ0v) is 17.4. The van der Waals surface area contributed by atoms with Gasteiger partial charge in [-0.2, -0.15) is 0 Å². The second-order valence-electron chi connectivity index (χ2n) is 8.49. The maximum Gasteiger partial charge on any atom is 0.163 e. The molecule has 2 N–H and O–H groups in total. The SMILES string of the molecule is Cc1ccc([C@H]2CC(=O)C3=C(C2)Nc2ccccc2N[C@@H]3c2cccc(C)c2)cc1. The van der Waals surface area contributed by atoms with Gasteiger partial charge in [0.25, 0.3) is 0 Å². The topological polar surface area (TPSA) is 41.1 Å². The summed E-state index contributed by atoms with van der Waals surface area (Å²) < 4.78 is 0. The molecule has 3 heteroatoms. The van der Waals surface area contributed by atoms with Gasteiger partial charge in [-0.3, -0.25) is 4.79 Å². The zero-order chi connectivity index (χ0) is 20.7. The Morgan fingerprint density at radius 1 is 0.767 bits per heavy atom. The Hall–Kier alpha value is -3.33. The third kappa shape index (κ3) is 3.41. The monoisotopic (exact) mass is 394 g/mol. The number of allylic oxidation sites excluding steroid dienone is 1. The van der Waals surface area contributed by atoms with E-state index in [2.05, 4.69) is 85.1 Å². The lowest BCUT2D eigenvalue weighted by Gasteiger charge is -2.30. The molecule has 0 radical (unpaired) electrons. The molecule has 1 aliphatic heterocycles. The first-order chi connectivity index (χ1) is 14.6. The fraction of sp³-hybridized carbons (Fsp3) is 0.222. The van der Waals surface area contributed by atoms with Crippen LogP contribution in [0.15, 0.2) is 84.1 Å². The smallest absolute Gasteiger partial charge is 0.163 e. The van der Waals surface area contributed by atoms with E-state index in [1.165, 1.54) is 16.7 Å². The van der Waals surface area contributed by atoms with Crippen molar-refractivity contribution in [3.63, 3.8) is 0 Å². The van der Waals surface area contributed by atoms with Crippen LogP contribution >= 0.6 is 0 Å². The quantitative estimate of drug-likeness (QED) is 0.537. The number of hydrogen-bond donors (Lipinski definition) is 2. The van der Waals surface area contributed by atoms with Crippen LogP contribution in [0.25, 0.3) is 0 Å². The van der Waals surface area contributed by atoms with Crippen molar-refractivity contribution in [3.8, 4) is 0 Å². The van der Waals surface area contributed by atoms with Gasteiger partial charge < -0.3 is 10.6 Å². The van der Waals surface area contributed by atoms with E-state index in [9.17, 15) is 4.79 Å². The van der Waals surface area contributed by atoms with E-state index >= 15 is 0 Å². The summed E-state index contributed by atoms with van der Waals surface area (Å²) in [5.74, 6) is 0.425. The van der Waals surface area contributed by atoms with Crippen LogP contribution in [0.5, 0.6) is 0 Å². The number of anilines is 2. The molecular weight excluding hydrogens is 368 g/mol. The highest BCUT2D eigenvalue weighted by Gasteiger charge is 2.35. The van der Waals surface area contributed by atoms with Crippen molar-refractivity contribution in [2.75, 3.05) is 10.6 Å². The van der Waals surface area contributed by atoms with Gasteiger partial charge in [0.1, 0.15) is 0 Å². The minimum absolute atomic E-state index is 0.150. The first-order valence-corrected chi connectivity index (χ1v) is 10.6. The molecule has 5 rings (SSSR count). The Labute approximate surface area is 177 Å². The van der Waals surface area contributed by atoms with E-state index in [1.54, 1.807) is 0 Å². The molecule has 150 valence electrons. The van der Waals surface area contributed by atoms with E-state index in [0.717, 1.165) is 34.6 Å². The minimum Gasteiger partial charge on any atom is -0.372 e. The Bertz CT molecular complexity index is 1140. The van der Waals surface area contributed by atoms with Crippen molar-refractivity contribution in [2.24, 2.45) is 0 Å². The van der Waals surface area contributed by atoms with Gasteiger partial charge in [-0.25, -0.2) is 0 Å².